The predicted octanol–water partition coefficient (Wildman–Crippen LogP) is 3.37. The fourth-order valence-corrected chi connectivity index (χ4v) is 2.29. The maximum atomic E-state index is 14.2. The van der Waals surface area contributed by atoms with Gasteiger partial charge >= 0.3 is 0 Å². The number of aromatic nitrogens is 2. The molecule has 0 radical (unpaired) electrons. The van der Waals surface area contributed by atoms with Gasteiger partial charge in [0.1, 0.15) is 11.5 Å². The van der Waals surface area contributed by atoms with E-state index in [2.05, 4.69) is 24.3 Å². The minimum Gasteiger partial charge on any atom is -0.312 e. The number of nitrogens with one attached hydrogen (secondary N) is 1. The first-order valence-electron chi connectivity index (χ1n) is 7.00. The van der Waals surface area contributed by atoms with Crippen molar-refractivity contribution in [3.05, 3.63) is 47.0 Å². The van der Waals surface area contributed by atoms with Gasteiger partial charge in [0, 0.05) is 12.2 Å². The van der Waals surface area contributed by atoms with Crippen molar-refractivity contribution in [1.29, 1.82) is 0 Å². The van der Waals surface area contributed by atoms with Gasteiger partial charge in [-0.05, 0) is 44.0 Å². The zero-order valence-electron chi connectivity index (χ0n) is 12.6. The van der Waals surface area contributed by atoms with Gasteiger partial charge in [-0.2, -0.15) is 5.10 Å². The van der Waals surface area contributed by atoms with Crippen LogP contribution in [0.1, 0.15) is 30.8 Å². The fraction of sp³-hybridized carbons (Fsp3) is 0.438. The van der Waals surface area contributed by atoms with Crippen molar-refractivity contribution in [3.63, 3.8) is 0 Å². The third kappa shape index (κ3) is 3.25. The van der Waals surface area contributed by atoms with E-state index in [9.17, 15) is 4.39 Å². The minimum absolute atomic E-state index is 0.236. The number of hydrogen-bond acceptors (Lipinski definition) is 2. The van der Waals surface area contributed by atoms with Crippen LogP contribution in [0, 0.1) is 25.6 Å². The van der Waals surface area contributed by atoms with Crippen LogP contribution >= 0.6 is 0 Å². The summed E-state index contributed by atoms with van der Waals surface area (Å²) in [5.74, 6) is 0.334. The summed E-state index contributed by atoms with van der Waals surface area (Å²) in [7, 11) is 0. The standard InChI is InChI=1S/C16H22FN3/c1-11(2)9-18-10-14-6-5-7-15(17)16(14)20-13(4)8-12(3)19-20/h5-8,11,18H,9-10H2,1-4H3. The van der Waals surface area contributed by atoms with Crippen molar-refractivity contribution < 1.29 is 4.39 Å². The lowest BCUT2D eigenvalue weighted by molar-refractivity contribution is 0.546. The molecule has 0 aliphatic rings. The van der Waals surface area contributed by atoms with Crippen molar-refractivity contribution in [3.8, 4) is 5.69 Å². The Hall–Kier alpha value is -1.68. The number of halogens is 1. The lowest BCUT2D eigenvalue weighted by Crippen LogP contribution is -2.20. The largest absolute Gasteiger partial charge is 0.312 e. The van der Waals surface area contributed by atoms with Crippen LogP contribution in [0.15, 0.2) is 24.3 Å². The molecule has 4 heteroatoms. The van der Waals surface area contributed by atoms with Gasteiger partial charge in [0.25, 0.3) is 0 Å². The van der Waals surface area contributed by atoms with Crippen molar-refractivity contribution in [2.75, 3.05) is 6.54 Å². The second-order valence-electron chi connectivity index (χ2n) is 5.61. The molecule has 2 aromatic rings. The SMILES string of the molecule is Cc1cc(C)n(-c2c(F)cccc2CNCC(C)C)n1. The van der Waals surface area contributed by atoms with E-state index in [1.165, 1.54) is 6.07 Å². The normalized spacial score (nSPS) is 11.3. The molecule has 1 N–H and O–H groups in total. The first-order valence-corrected chi connectivity index (χ1v) is 7.00. The van der Waals surface area contributed by atoms with Gasteiger partial charge in [-0.1, -0.05) is 26.0 Å². The van der Waals surface area contributed by atoms with E-state index < -0.39 is 0 Å². The van der Waals surface area contributed by atoms with Crippen LogP contribution in [0.25, 0.3) is 5.69 Å². The van der Waals surface area contributed by atoms with E-state index >= 15 is 0 Å². The Morgan fingerprint density at radius 3 is 2.65 bits per heavy atom. The van der Waals surface area contributed by atoms with Crippen LogP contribution in [-0.4, -0.2) is 16.3 Å². The summed E-state index contributed by atoms with van der Waals surface area (Å²) in [6.07, 6.45) is 0. The first kappa shape index (κ1) is 14.7. The monoisotopic (exact) mass is 275 g/mol. The first-order chi connectivity index (χ1) is 9.49. The van der Waals surface area contributed by atoms with Crippen LogP contribution in [-0.2, 0) is 6.54 Å². The second kappa shape index (κ2) is 6.18. The zero-order valence-corrected chi connectivity index (χ0v) is 12.6. The lowest BCUT2D eigenvalue weighted by atomic mass is 10.1. The highest BCUT2D eigenvalue weighted by atomic mass is 19.1. The molecule has 0 aliphatic heterocycles. The molecular weight excluding hydrogens is 253 g/mol. The molecule has 20 heavy (non-hydrogen) atoms. The molecule has 0 fully saturated rings. The van der Waals surface area contributed by atoms with Gasteiger partial charge in [0.2, 0.25) is 0 Å². The topological polar surface area (TPSA) is 29.9 Å². The molecule has 0 amide bonds. The number of benzene rings is 1. The van der Waals surface area contributed by atoms with Crippen LogP contribution < -0.4 is 5.32 Å². The van der Waals surface area contributed by atoms with Crippen molar-refractivity contribution in [2.24, 2.45) is 5.92 Å². The van der Waals surface area contributed by atoms with E-state index in [4.69, 9.17) is 0 Å². The predicted molar refractivity (Wildman–Crippen MR) is 79.5 cm³/mol. The van der Waals surface area contributed by atoms with E-state index in [1.54, 1.807) is 10.7 Å². The Balaban J connectivity index is 2.34. The molecule has 1 aromatic heterocycles. The average molecular weight is 275 g/mol. The van der Waals surface area contributed by atoms with Gasteiger partial charge in [-0.3, -0.25) is 0 Å². The molecule has 108 valence electrons. The Kier molecular flexibility index (Phi) is 4.55. The Morgan fingerprint density at radius 2 is 2.05 bits per heavy atom. The summed E-state index contributed by atoms with van der Waals surface area (Å²) in [6, 6.07) is 7.13. The minimum atomic E-state index is -0.236. The van der Waals surface area contributed by atoms with Gasteiger partial charge in [0.15, 0.2) is 0 Å². The summed E-state index contributed by atoms with van der Waals surface area (Å²) in [5.41, 5.74) is 3.32. The maximum Gasteiger partial charge on any atom is 0.149 e. The molecule has 1 aromatic carbocycles. The van der Waals surface area contributed by atoms with Crippen LogP contribution in [0.2, 0.25) is 0 Å². The number of hydrogen-bond donors (Lipinski definition) is 1. The smallest absolute Gasteiger partial charge is 0.149 e. The highest BCUT2D eigenvalue weighted by molar-refractivity contribution is 5.43. The molecule has 0 saturated carbocycles. The second-order valence-corrected chi connectivity index (χ2v) is 5.61. The van der Waals surface area contributed by atoms with Crippen molar-refractivity contribution in [1.82, 2.24) is 15.1 Å². The summed E-state index contributed by atoms with van der Waals surface area (Å²) in [6.45, 7) is 9.72. The zero-order chi connectivity index (χ0) is 14.7. The van der Waals surface area contributed by atoms with E-state index in [0.717, 1.165) is 23.5 Å². The summed E-state index contributed by atoms with van der Waals surface area (Å²) >= 11 is 0. The fourth-order valence-electron chi connectivity index (χ4n) is 2.29. The average Bonchev–Trinajstić information content (AvgIpc) is 2.68. The van der Waals surface area contributed by atoms with E-state index in [1.807, 2.05) is 26.0 Å². The van der Waals surface area contributed by atoms with Crippen LogP contribution in [0.3, 0.4) is 0 Å². The molecule has 0 atom stereocenters. The molecule has 3 nitrogen and oxygen atoms in total. The summed E-state index contributed by atoms with van der Waals surface area (Å²) in [4.78, 5) is 0. The van der Waals surface area contributed by atoms with E-state index in [-0.39, 0.29) is 5.82 Å². The van der Waals surface area contributed by atoms with Gasteiger partial charge < -0.3 is 5.32 Å². The summed E-state index contributed by atoms with van der Waals surface area (Å²) in [5, 5.41) is 7.75. The quantitative estimate of drug-likeness (QED) is 0.906. The van der Waals surface area contributed by atoms with E-state index in [0.29, 0.717) is 18.2 Å². The Morgan fingerprint density at radius 1 is 1.30 bits per heavy atom. The molecule has 0 spiro atoms. The molecule has 0 aliphatic carbocycles. The number of para-hydroxylation sites is 1. The maximum absolute atomic E-state index is 14.2. The third-order valence-corrected chi connectivity index (χ3v) is 3.16. The molecular formula is C16H22FN3. The molecule has 0 unspecified atom stereocenters. The molecule has 0 bridgehead atoms. The van der Waals surface area contributed by atoms with Crippen molar-refractivity contribution in [2.45, 2.75) is 34.2 Å². The highest BCUT2D eigenvalue weighted by Crippen LogP contribution is 2.20. The Labute approximate surface area is 119 Å². The van der Waals surface area contributed by atoms with Gasteiger partial charge in [0.05, 0.1) is 5.69 Å². The Bertz CT molecular complexity index is 587. The van der Waals surface area contributed by atoms with Crippen molar-refractivity contribution >= 4 is 0 Å². The number of aryl methyl sites for hydroxylation is 2. The number of nitrogens with zero attached hydrogens (tertiary/aromatic N) is 2. The molecule has 1 heterocycles. The third-order valence-electron chi connectivity index (χ3n) is 3.16. The highest BCUT2D eigenvalue weighted by Gasteiger charge is 2.13. The van der Waals surface area contributed by atoms with Gasteiger partial charge in [-0.15, -0.1) is 0 Å². The summed E-state index contributed by atoms with van der Waals surface area (Å²) < 4.78 is 15.9. The van der Waals surface area contributed by atoms with Gasteiger partial charge in [-0.25, -0.2) is 9.07 Å². The molecule has 0 saturated heterocycles. The van der Waals surface area contributed by atoms with Crippen LogP contribution in [0.4, 0.5) is 4.39 Å². The molecule has 2 rings (SSSR count). The lowest BCUT2D eigenvalue weighted by Gasteiger charge is -2.14. The number of rotatable bonds is 5. The van der Waals surface area contributed by atoms with Crippen LogP contribution in [0.5, 0.6) is 0 Å².